The van der Waals surface area contributed by atoms with Crippen LogP contribution in [-0.4, -0.2) is 35.3 Å². The first-order valence-electron chi connectivity index (χ1n) is 6.18. The van der Waals surface area contributed by atoms with E-state index in [1.54, 1.807) is 18.0 Å². The highest BCUT2D eigenvalue weighted by atomic mass is 19.1. The molecule has 0 bridgehead atoms. The molecule has 1 aromatic carbocycles. The highest BCUT2D eigenvalue weighted by Crippen LogP contribution is 2.30. The van der Waals surface area contributed by atoms with Gasteiger partial charge in [-0.15, -0.1) is 0 Å². The van der Waals surface area contributed by atoms with Crippen molar-refractivity contribution in [3.05, 3.63) is 47.6 Å². The van der Waals surface area contributed by atoms with E-state index in [4.69, 9.17) is 9.26 Å². The number of hydrogen-bond acceptors (Lipinski definition) is 5. The quantitative estimate of drug-likeness (QED) is 0.879. The van der Waals surface area contributed by atoms with Crippen LogP contribution in [0.15, 0.2) is 35.1 Å². The predicted octanol–water partition coefficient (Wildman–Crippen LogP) is 2.08. The van der Waals surface area contributed by atoms with Crippen molar-refractivity contribution in [1.29, 1.82) is 0 Å². The molecule has 1 N–H and O–H groups in total. The lowest BCUT2D eigenvalue weighted by atomic mass is 10.0. The summed E-state index contributed by atoms with van der Waals surface area (Å²) in [6.45, 7) is 0.272. The summed E-state index contributed by atoms with van der Waals surface area (Å²) in [5.74, 6) is -1.36. The lowest BCUT2D eigenvalue weighted by Gasteiger charge is -2.25. The molecule has 7 heteroatoms. The number of rotatable bonds is 6. The van der Waals surface area contributed by atoms with Crippen molar-refractivity contribution >= 4 is 5.97 Å². The Bertz CT molecular complexity index is 615. The Kier molecular flexibility index (Phi) is 4.54. The molecule has 21 heavy (non-hydrogen) atoms. The number of ether oxygens (including phenoxy) is 1. The van der Waals surface area contributed by atoms with Crippen LogP contribution in [0, 0.1) is 5.82 Å². The van der Waals surface area contributed by atoms with Crippen LogP contribution in [0.4, 0.5) is 4.39 Å². The molecule has 0 fully saturated rings. The van der Waals surface area contributed by atoms with Gasteiger partial charge in [0.25, 0.3) is 0 Å². The summed E-state index contributed by atoms with van der Waals surface area (Å²) in [6, 6.07) is 4.44. The average molecular weight is 294 g/mol. The first kappa shape index (κ1) is 15.0. The van der Waals surface area contributed by atoms with Gasteiger partial charge >= 0.3 is 5.97 Å². The third-order valence-electron chi connectivity index (χ3n) is 3.07. The van der Waals surface area contributed by atoms with E-state index >= 15 is 0 Å². The lowest BCUT2D eigenvalue weighted by molar-refractivity contribution is -0.143. The summed E-state index contributed by atoms with van der Waals surface area (Å²) < 4.78 is 23.0. The van der Waals surface area contributed by atoms with Crippen molar-refractivity contribution in [1.82, 2.24) is 10.1 Å². The highest BCUT2D eigenvalue weighted by molar-refractivity contribution is 5.76. The SMILES string of the molecule is COc1cc(F)ccc1[C@H](C(=O)O)N(C)Cc1ccon1. The zero-order valence-electron chi connectivity index (χ0n) is 11.6. The van der Waals surface area contributed by atoms with Gasteiger partial charge in [0.15, 0.2) is 0 Å². The summed E-state index contributed by atoms with van der Waals surface area (Å²) in [5, 5.41) is 13.2. The molecule has 0 amide bonds. The van der Waals surface area contributed by atoms with Gasteiger partial charge in [-0.1, -0.05) is 11.2 Å². The number of aliphatic carboxylic acids is 1. The molecule has 0 radical (unpaired) electrons. The van der Waals surface area contributed by atoms with Crippen LogP contribution in [0.25, 0.3) is 0 Å². The molecule has 0 saturated heterocycles. The Balaban J connectivity index is 2.32. The number of hydrogen-bond donors (Lipinski definition) is 1. The standard InChI is InChI=1S/C14H15FN2O4/c1-17(8-10-5-6-21-16-10)13(14(18)19)11-4-3-9(15)7-12(11)20-2/h3-7,13H,8H2,1-2H3,(H,18,19)/t13-/m1/s1. The van der Waals surface area contributed by atoms with E-state index in [-0.39, 0.29) is 12.3 Å². The van der Waals surface area contributed by atoms with Crippen molar-refractivity contribution in [3.63, 3.8) is 0 Å². The Morgan fingerprint density at radius 3 is 2.86 bits per heavy atom. The van der Waals surface area contributed by atoms with E-state index in [2.05, 4.69) is 5.16 Å². The van der Waals surface area contributed by atoms with Gasteiger partial charge in [-0.2, -0.15) is 0 Å². The zero-order chi connectivity index (χ0) is 15.4. The van der Waals surface area contributed by atoms with Crippen LogP contribution in [0.2, 0.25) is 0 Å². The second-order valence-corrected chi connectivity index (χ2v) is 4.53. The predicted molar refractivity (Wildman–Crippen MR) is 71.3 cm³/mol. The number of carboxylic acid groups (broad SMARTS) is 1. The second-order valence-electron chi connectivity index (χ2n) is 4.53. The largest absolute Gasteiger partial charge is 0.496 e. The van der Waals surface area contributed by atoms with Gasteiger partial charge in [0.2, 0.25) is 0 Å². The maximum Gasteiger partial charge on any atom is 0.325 e. The Morgan fingerprint density at radius 2 is 2.29 bits per heavy atom. The van der Waals surface area contributed by atoms with Crippen LogP contribution in [0.1, 0.15) is 17.3 Å². The first-order chi connectivity index (χ1) is 10.0. The lowest BCUT2D eigenvalue weighted by Crippen LogP contribution is -2.31. The number of methoxy groups -OCH3 is 1. The minimum absolute atomic E-state index is 0.189. The van der Waals surface area contributed by atoms with Crippen molar-refractivity contribution in [3.8, 4) is 5.75 Å². The monoisotopic (exact) mass is 294 g/mol. The molecule has 0 aliphatic rings. The molecule has 0 aliphatic heterocycles. The van der Waals surface area contributed by atoms with Crippen LogP contribution < -0.4 is 4.74 Å². The van der Waals surface area contributed by atoms with E-state index in [0.717, 1.165) is 6.07 Å². The summed E-state index contributed by atoms with van der Waals surface area (Å²) in [5.41, 5.74) is 0.974. The van der Waals surface area contributed by atoms with E-state index in [1.807, 2.05) is 0 Å². The number of nitrogens with zero attached hydrogens (tertiary/aromatic N) is 2. The van der Waals surface area contributed by atoms with Gasteiger partial charge in [0.1, 0.15) is 23.9 Å². The van der Waals surface area contributed by atoms with Crippen LogP contribution in [0.3, 0.4) is 0 Å². The van der Waals surface area contributed by atoms with Crippen molar-refractivity contribution in [2.45, 2.75) is 12.6 Å². The average Bonchev–Trinajstić information content (AvgIpc) is 2.93. The number of likely N-dealkylation sites (N-methyl/N-ethyl adjacent to an activating group) is 1. The van der Waals surface area contributed by atoms with Gasteiger partial charge in [-0.05, 0) is 13.1 Å². The van der Waals surface area contributed by atoms with Gasteiger partial charge in [-0.3, -0.25) is 9.69 Å². The molecule has 0 aliphatic carbocycles. The smallest absolute Gasteiger partial charge is 0.325 e. The first-order valence-corrected chi connectivity index (χ1v) is 6.18. The summed E-state index contributed by atoms with van der Waals surface area (Å²) in [4.78, 5) is 13.2. The Labute approximate surface area is 120 Å². The third-order valence-corrected chi connectivity index (χ3v) is 3.07. The Morgan fingerprint density at radius 1 is 1.52 bits per heavy atom. The molecule has 2 rings (SSSR count). The van der Waals surface area contributed by atoms with Gasteiger partial charge in [0.05, 0.1) is 12.8 Å². The molecular weight excluding hydrogens is 279 g/mol. The summed E-state index contributed by atoms with van der Waals surface area (Å²) >= 11 is 0. The summed E-state index contributed by atoms with van der Waals surface area (Å²) in [6.07, 6.45) is 1.41. The minimum atomic E-state index is -1.06. The molecule has 0 saturated carbocycles. The number of aromatic nitrogens is 1. The fourth-order valence-corrected chi connectivity index (χ4v) is 2.14. The fraction of sp³-hybridized carbons (Fsp3) is 0.286. The maximum absolute atomic E-state index is 13.2. The van der Waals surface area contributed by atoms with E-state index < -0.39 is 17.8 Å². The number of halogens is 1. The van der Waals surface area contributed by atoms with Crippen LogP contribution >= 0.6 is 0 Å². The van der Waals surface area contributed by atoms with Crippen molar-refractivity contribution in [2.75, 3.05) is 14.2 Å². The number of carbonyl (C=O) groups is 1. The fourth-order valence-electron chi connectivity index (χ4n) is 2.14. The minimum Gasteiger partial charge on any atom is -0.496 e. The van der Waals surface area contributed by atoms with Gasteiger partial charge < -0.3 is 14.4 Å². The van der Waals surface area contributed by atoms with Crippen molar-refractivity contribution in [2.24, 2.45) is 0 Å². The number of carboxylic acids is 1. The number of benzene rings is 1. The molecule has 0 spiro atoms. The van der Waals surface area contributed by atoms with Crippen LogP contribution in [-0.2, 0) is 11.3 Å². The molecular formula is C14H15FN2O4. The van der Waals surface area contributed by atoms with Crippen molar-refractivity contribution < 1.29 is 23.6 Å². The molecule has 1 atom stereocenters. The van der Waals surface area contributed by atoms with E-state index in [1.165, 1.54) is 25.5 Å². The van der Waals surface area contributed by atoms with Crippen LogP contribution in [0.5, 0.6) is 5.75 Å². The topological polar surface area (TPSA) is 75.8 Å². The van der Waals surface area contributed by atoms with E-state index in [0.29, 0.717) is 11.3 Å². The van der Waals surface area contributed by atoms with Gasteiger partial charge in [0, 0.05) is 24.2 Å². The molecule has 0 unspecified atom stereocenters. The van der Waals surface area contributed by atoms with Gasteiger partial charge in [-0.25, -0.2) is 4.39 Å². The Hall–Kier alpha value is -2.41. The maximum atomic E-state index is 13.2. The summed E-state index contributed by atoms with van der Waals surface area (Å²) in [7, 11) is 3.01. The van der Waals surface area contributed by atoms with E-state index in [9.17, 15) is 14.3 Å². The molecule has 2 aromatic rings. The normalized spacial score (nSPS) is 12.4. The molecule has 6 nitrogen and oxygen atoms in total. The second kappa shape index (κ2) is 6.36. The molecule has 112 valence electrons. The zero-order valence-corrected chi connectivity index (χ0v) is 11.6. The molecule has 1 heterocycles. The third kappa shape index (κ3) is 3.38. The molecule has 1 aromatic heterocycles. The highest BCUT2D eigenvalue weighted by Gasteiger charge is 2.28.